The first-order chi connectivity index (χ1) is 14.6. The highest BCUT2D eigenvalue weighted by molar-refractivity contribution is 6.06. The molecular formula is C24H26N2O5. The molecule has 1 N–H and O–H groups in total. The molecule has 1 fully saturated rings. The van der Waals surface area contributed by atoms with E-state index in [0.717, 1.165) is 5.56 Å². The molecule has 3 rings (SSSR count). The fourth-order valence-electron chi connectivity index (χ4n) is 3.47. The molecule has 0 radical (unpaired) electrons. The quantitative estimate of drug-likeness (QED) is 0.588. The summed E-state index contributed by atoms with van der Waals surface area (Å²) in [6.07, 6.45) is 0.965. The summed E-state index contributed by atoms with van der Waals surface area (Å²) < 4.78 is 5.89. The van der Waals surface area contributed by atoms with Crippen LogP contribution in [0.15, 0.2) is 42.5 Å². The third-order valence-electron chi connectivity index (χ3n) is 5.36. The number of aldehydes is 1. The van der Waals surface area contributed by atoms with Gasteiger partial charge in [-0.1, -0.05) is 39.0 Å². The van der Waals surface area contributed by atoms with Crippen molar-refractivity contribution in [3.63, 3.8) is 0 Å². The van der Waals surface area contributed by atoms with Gasteiger partial charge >= 0.3 is 0 Å². The zero-order chi connectivity index (χ0) is 22.8. The number of benzene rings is 2. The smallest absolute Gasteiger partial charge is 0.255 e. The normalized spacial score (nSPS) is 16.5. The number of carbonyl (C=O) groups excluding carboxylic acids is 4. The highest BCUT2D eigenvalue weighted by Crippen LogP contribution is 2.30. The van der Waals surface area contributed by atoms with Gasteiger partial charge in [0.15, 0.2) is 6.29 Å². The van der Waals surface area contributed by atoms with Crippen LogP contribution in [-0.2, 0) is 15.0 Å². The van der Waals surface area contributed by atoms with E-state index in [2.05, 4.69) is 26.1 Å². The van der Waals surface area contributed by atoms with E-state index in [1.165, 1.54) is 18.0 Å². The summed E-state index contributed by atoms with van der Waals surface area (Å²) in [5.74, 6) is -0.583. The number of carbonyl (C=O) groups is 4. The number of hydrogen-bond acceptors (Lipinski definition) is 5. The summed E-state index contributed by atoms with van der Waals surface area (Å²) >= 11 is 0. The number of ether oxygens (including phenoxy) is 1. The zero-order valence-electron chi connectivity index (χ0n) is 18.1. The molecule has 3 amide bonds. The topological polar surface area (TPSA) is 92.8 Å². The Morgan fingerprint density at radius 2 is 1.81 bits per heavy atom. The van der Waals surface area contributed by atoms with E-state index in [1.54, 1.807) is 12.1 Å². The second kappa shape index (κ2) is 8.71. The molecule has 0 bridgehead atoms. The number of amides is 3. The SMILES string of the molecule is CN(C(=O)c1cccc(Oc2ccc(C(C)(C)C)cc2)c1C=O)C1CCC(=O)NC1=O. The zero-order valence-corrected chi connectivity index (χ0v) is 18.1. The lowest BCUT2D eigenvalue weighted by atomic mass is 9.87. The molecule has 0 spiro atoms. The van der Waals surface area contributed by atoms with Crippen molar-refractivity contribution < 1.29 is 23.9 Å². The Balaban J connectivity index is 1.85. The van der Waals surface area contributed by atoms with Gasteiger partial charge in [0.05, 0.1) is 11.1 Å². The highest BCUT2D eigenvalue weighted by atomic mass is 16.5. The lowest BCUT2D eigenvalue weighted by Gasteiger charge is -2.30. The van der Waals surface area contributed by atoms with E-state index in [4.69, 9.17) is 4.74 Å². The molecule has 7 nitrogen and oxygen atoms in total. The molecule has 1 saturated heterocycles. The van der Waals surface area contributed by atoms with Gasteiger partial charge < -0.3 is 9.64 Å². The summed E-state index contributed by atoms with van der Waals surface area (Å²) in [5.41, 5.74) is 1.38. The van der Waals surface area contributed by atoms with Gasteiger partial charge in [-0.25, -0.2) is 0 Å². The van der Waals surface area contributed by atoms with Crippen molar-refractivity contribution in [2.24, 2.45) is 0 Å². The molecule has 1 aliphatic heterocycles. The first-order valence-electron chi connectivity index (χ1n) is 10.1. The standard InChI is InChI=1S/C24H26N2O5/c1-24(2,3)15-8-10-16(11-9-15)31-20-7-5-6-17(18(20)14-27)23(30)26(4)19-12-13-21(28)25-22(19)29/h5-11,14,19H,12-13H2,1-4H3,(H,25,28,29). The average molecular weight is 422 g/mol. The molecule has 7 heteroatoms. The summed E-state index contributed by atoms with van der Waals surface area (Å²) in [5, 5.41) is 2.24. The van der Waals surface area contributed by atoms with E-state index in [9.17, 15) is 19.2 Å². The molecular weight excluding hydrogens is 396 g/mol. The number of nitrogens with one attached hydrogen (secondary N) is 1. The minimum Gasteiger partial charge on any atom is -0.457 e. The molecule has 0 saturated carbocycles. The summed E-state index contributed by atoms with van der Waals surface area (Å²) in [6.45, 7) is 6.34. The van der Waals surface area contributed by atoms with Gasteiger partial charge in [0.1, 0.15) is 17.5 Å². The predicted octanol–water partition coefficient (Wildman–Crippen LogP) is 3.47. The fourth-order valence-corrected chi connectivity index (χ4v) is 3.47. The van der Waals surface area contributed by atoms with E-state index >= 15 is 0 Å². The Bertz CT molecular complexity index is 1020. The van der Waals surface area contributed by atoms with Gasteiger partial charge in [0.2, 0.25) is 11.8 Å². The van der Waals surface area contributed by atoms with Crippen LogP contribution >= 0.6 is 0 Å². The molecule has 1 heterocycles. The van der Waals surface area contributed by atoms with Gasteiger partial charge in [-0.3, -0.25) is 24.5 Å². The van der Waals surface area contributed by atoms with E-state index in [0.29, 0.717) is 12.0 Å². The van der Waals surface area contributed by atoms with Crippen LogP contribution in [0.2, 0.25) is 0 Å². The Morgan fingerprint density at radius 3 is 2.39 bits per heavy atom. The number of rotatable bonds is 5. The third kappa shape index (κ3) is 4.82. The number of nitrogens with zero attached hydrogens (tertiary/aromatic N) is 1. The molecule has 0 aromatic heterocycles. The van der Waals surface area contributed by atoms with Crippen molar-refractivity contribution in [2.75, 3.05) is 7.05 Å². The third-order valence-corrected chi connectivity index (χ3v) is 5.36. The fraction of sp³-hybridized carbons (Fsp3) is 0.333. The van der Waals surface area contributed by atoms with Gasteiger partial charge in [0.25, 0.3) is 5.91 Å². The van der Waals surface area contributed by atoms with E-state index in [1.807, 2.05) is 24.3 Å². The molecule has 31 heavy (non-hydrogen) atoms. The lowest BCUT2D eigenvalue weighted by molar-refractivity contribution is -0.136. The first-order valence-corrected chi connectivity index (χ1v) is 10.1. The van der Waals surface area contributed by atoms with Crippen molar-refractivity contribution in [1.82, 2.24) is 10.2 Å². The van der Waals surface area contributed by atoms with E-state index in [-0.39, 0.29) is 41.0 Å². The van der Waals surface area contributed by atoms with Crippen molar-refractivity contribution in [3.8, 4) is 11.5 Å². The summed E-state index contributed by atoms with van der Waals surface area (Å²) in [4.78, 5) is 49.7. The number of hydrogen-bond donors (Lipinski definition) is 1. The van der Waals surface area contributed by atoms with Crippen molar-refractivity contribution >= 4 is 24.0 Å². The average Bonchev–Trinajstić information content (AvgIpc) is 2.72. The summed E-state index contributed by atoms with van der Waals surface area (Å²) in [7, 11) is 1.48. The molecule has 1 aliphatic rings. The Labute approximate surface area is 181 Å². The monoisotopic (exact) mass is 422 g/mol. The largest absolute Gasteiger partial charge is 0.457 e. The van der Waals surface area contributed by atoms with Gasteiger partial charge in [-0.15, -0.1) is 0 Å². The van der Waals surface area contributed by atoms with Crippen molar-refractivity contribution in [1.29, 1.82) is 0 Å². The van der Waals surface area contributed by atoms with Crippen LogP contribution in [0.3, 0.4) is 0 Å². The second-order valence-corrected chi connectivity index (χ2v) is 8.59. The van der Waals surface area contributed by atoms with Gasteiger partial charge in [-0.2, -0.15) is 0 Å². The number of piperidine rings is 1. The van der Waals surface area contributed by atoms with Crippen LogP contribution in [0.1, 0.15) is 59.9 Å². The van der Waals surface area contributed by atoms with Crippen molar-refractivity contribution in [3.05, 3.63) is 59.2 Å². The maximum atomic E-state index is 13.1. The first kappa shape index (κ1) is 22.2. The Kier molecular flexibility index (Phi) is 6.24. The van der Waals surface area contributed by atoms with Crippen molar-refractivity contribution in [2.45, 2.75) is 45.1 Å². The molecule has 1 atom stereocenters. The summed E-state index contributed by atoms with van der Waals surface area (Å²) in [6, 6.07) is 11.5. The Morgan fingerprint density at radius 1 is 1.13 bits per heavy atom. The van der Waals surface area contributed by atoms with E-state index < -0.39 is 17.9 Å². The molecule has 1 unspecified atom stereocenters. The van der Waals surface area contributed by atoms with Crippen LogP contribution in [0.5, 0.6) is 11.5 Å². The van der Waals surface area contributed by atoms with Crippen LogP contribution in [-0.4, -0.2) is 42.0 Å². The van der Waals surface area contributed by atoms with Crippen LogP contribution < -0.4 is 10.1 Å². The number of likely N-dealkylation sites (N-methyl/N-ethyl adjacent to an activating group) is 1. The maximum Gasteiger partial charge on any atom is 0.255 e. The highest BCUT2D eigenvalue weighted by Gasteiger charge is 2.33. The minimum absolute atomic E-state index is 0.000565. The second-order valence-electron chi connectivity index (χ2n) is 8.59. The van der Waals surface area contributed by atoms with Gasteiger partial charge in [-0.05, 0) is 41.7 Å². The van der Waals surface area contributed by atoms with Gasteiger partial charge in [0, 0.05) is 13.5 Å². The molecule has 2 aromatic rings. The molecule has 0 aliphatic carbocycles. The predicted molar refractivity (Wildman–Crippen MR) is 115 cm³/mol. The number of imide groups is 1. The minimum atomic E-state index is -0.779. The molecule has 2 aromatic carbocycles. The maximum absolute atomic E-state index is 13.1. The van der Waals surface area contributed by atoms with Crippen LogP contribution in [0.4, 0.5) is 0 Å². The van der Waals surface area contributed by atoms with Crippen LogP contribution in [0.25, 0.3) is 0 Å². The Hall–Kier alpha value is -3.48. The molecule has 162 valence electrons. The van der Waals surface area contributed by atoms with Crippen LogP contribution in [0, 0.1) is 0 Å². The lowest BCUT2D eigenvalue weighted by Crippen LogP contribution is -2.53.